The van der Waals surface area contributed by atoms with Crippen LogP contribution in [0.5, 0.6) is 11.5 Å². The Hall–Kier alpha value is -3.15. The third-order valence-corrected chi connectivity index (χ3v) is 6.69. The highest BCUT2D eigenvalue weighted by Gasteiger charge is 2.26. The number of methoxy groups -OCH3 is 1. The average Bonchev–Trinajstić information content (AvgIpc) is 2.84. The molecule has 0 atom stereocenters. The van der Waals surface area contributed by atoms with Crippen molar-refractivity contribution in [3.63, 3.8) is 0 Å². The van der Waals surface area contributed by atoms with E-state index in [-0.39, 0.29) is 10.5 Å². The molecule has 0 spiro atoms. The molecular weight excluding hydrogens is 452 g/mol. The van der Waals surface area contributed by atoms with Gasteiger partial charge in [0.15, 0.2) is 18.1 Å². The van der Waals surface area contributed by atoms with Crippen molar-refractivity contribution in [2.75, 3.05) is 51.9 Å². The molecule has 0 bridgehead atoms. The maximum absolute atomic E-state index is 12.6. The number of benzene rings is 2. The van der Waals surface area contributed by atoms with E-state index in [1.54, 1.807) is 6.07 Å². The number of esters is 1. The first-order valence-electron chi connectivity index (χ1n) is 10.3. The Bertz CT molecular complexity index is 1080. The van der Waals surface area contributed by atoms with Gasteiger partial charge >= 0.3 is 5.97 Å². The van der Waals surface area contributed by atoms with Crippen LogP contribution in [0.4, 0.5) is 5.69 Å². The average molecular weight is 479 g/mol. The van der Waals surface area contributed by atoms with Gasteiger partial charge in [-0.1, -0.05) is 0 Å². The maximum Gasteiger partial charge on any atom is 0.338 e. The lowest BCUT2D eigenvalue weighted by Gasteiger charge is -2.26. The molecule has 3 rings (SSSR count). The van der Waals surface area contributed by atoms with Gasteiger partial charge in [0, 0.05) is 18.8 Å². The van der Waals surface area contributed by atoms with E-state index in [1.165, 1.54) is 47.8 Å². The Kier molecular flexibility index (Phi) is 8.26. The van der Waals surface area contributed by atoms with Crippen molar-refractivity contribution in [1.29, 1.82) is 0 Å². The van der Waals surface area contributed by atoms with Crippen LogP contribution < -0.4 is 14.8 Å². The summed E-state index contributed by atoms with van der Waals surface area (Å²) in [7, 11) is -2.16. The highest BCUT2D eigenvalue weighted by atomic mass is 32.2. The SMILES string of the molecule is CCOc1ccc(C(=O)OCC(=O)Nc2ccc(S(=O)(=O)N3CCOCC3)cc2)cc1OC. The summed E-state index contributed by atoms with van der Waals surface area (Å²) in [5, 5.41) is 2.57. The number of ether oxygens (including phenoxy) is 4. The molecule has 1 N–H and O–H groups in total. The van der Waals surface area contributed by atoms with E-state index in [0.717, 1.165) is 0 Å². The zero-order valence-corrected chi connectivity index (χ0v) is 19.2. The molecule has 1 saturated heterocycles. The molecule has 2 aromatic carbocycles. The summed E-state index contributed by atoms with van der Waals surface area (Å²) in [6, 6.07) is 10.4. The predicted molar refractivity (Wildman–Crippen MR) is 119 cm³/mol. The van der Waals surface area contributed by atoms with Crippen LogP contribution in [0, 0.1) is 0 Å². The molecular formula is C22H26N2O8S. The first-order valence-corrected chi connectivity index (χ1v) is 11.7. The molecule has 178 valence electrons. The molecule has 2 aromatic rings. The van der Waals surface area contributed by atoms with Crippen molar-refractivity contribution >= 4 is 27.6 Å². The topological polar surface area (TPSA) is 120 Å². The number of carbonyl (C=O) groups is 2. The first kappa shape index (κ1) is 24.5. The van der Waals surface area contributed by atoms with E-state index in [2.05, 4.69) is 5.32 Å². The molecule has 11 heteroatoms. The normalized spacial score (nSPS) is 14.4. The summed E-state index contributed by atoms with van der Waals surface area (Å²) in [6.07, 6.45) is 0. The summed E-state index contributed by atoms with van der Waals surface area (Å²) < 4.78 is 47.5. The number of morpholine rings is 1. The van der Waals surface area contributed by atoms with Crippen LogP contribution >= 0.6 is 0 Å². The number of rotatable bonds is 9. The van der Waals surface area contributed by atoms with Crippen LogP contribution in [0.2, 0.25) is 0 Å². The van der Waals surface area contributed by atoms with E-state index >= 15 is 0 Å². The van der Waals surface area contributed by atoms with Gasteiger partial charge in [0.25, 0.3) is 5.91 Å². The van der Waals surface area contributed by atoms with Crippen LogP contribution in [-0.2, 0) is 24.3 Å². The van der Waals surface area contributed by atoms with Crippen LogP contribution in [0.25, 0.3) is 0 Å². The van der Waals surface area contributed by atoms with Gasteiger partial charge in [-0.05, 0) is 49.4 Å². The predicted octanol–water partition coefficient (Wildman–Crippen LogP) is 1.91. The molecule has 1 aliphatic heterocycles. The van der Waals surface area contributed by atoms with E-state index in [4.69, 9.17) is 18.9 Å². The summed E-state index contributed by atoms with van der Waals surface area (Å²) in [4.78, 5) is 24.6. The van der Waals surface area contributed by atoms with Gasteiger partial charge in [-0.15, -0.1) is 0 Å². The van der Waals surface area contributed by atoms with Gasteiger partial charge in [-0.2, -0.15) is 4.31 Å². The van der Waals surface area contributed by atoms with Crippen LogP contribution in [0.1, 0.15) is 17.3 Å². The summed E-state index contributed by atoms with van der Waals surface area (Å²) >= 11 is 0. The zero-order chi connectivity index (χ0) is 23.8. The Morgan fingerprint density at radius 1 is 1.06 bits per heavy atom. The van der Waals surface area contributed by atoms with Crippen molar-refractivity contribution in [1.82, 2.24) is 4.31 Å². The van der Waals surface area contributed by atoms with Crippen molar-refractivity contribution in [2.24, 2.45) is 0 Å². The first-order chi connectivity index (χ1) is 15.8. The quantitative estimate of drug-likeness (QED) is 0.543. The van der Waals surface area contributed by atoms with Gasteiger partial charge in [0.05, 0.1) is 37.4 Å². The molecule has 1 amide bonds. The Morgan fingerprint density at radius 2 is 1.76 bits per heavy atom. The minimum atomic E-state index is -3.62. The third-order valence-electron chi connectivity index (χ3n) is 4.78. The van der Waals surface area contributed by atoms with Gasteiger partial charge in [-0.3, -0.25) is 4.79 Å². The number of hydrogen-bond donors (Lipinski definition) is 1. The van der Waals surface area contributed by atoms with Crippen LogP contribution in [-0.4, -0.2) is 71.2 Å². The lowest BCUT2D eigenvalue weighted by molar-refractivity contribution is -0.119. The molecule has 0 aromatic heterocycles. The minimum Gasteiger partial charge on any atom is -0.493 e. The summed E-state index contributed by atoms with van der Waals surface area (Å²) in [5.74, 6) is -0.389. The fourth-order valence-corrected chi connectivity index (χ4v) is 4.54. The maximum atomic E-state index is 12.6. The second-order valence-electron chi connectivity index (χ2n) is 6.96. The Morgan fingerprint density at radius 3 is 2.39 bits per heavy atom. The lowest BCUT2D eigenvalue weighted by Crippen LogP contribution is -2.40. The number of anilines is 1. The summed E-state index contributed by atoms with van der Waals surface area (Å²) in [6.45, 7) is 3.07. The van der Waals surface area contributed by atoms with Crippen molar-refractivity contribution in [2.45, 2.75) is 11.8 Å². The lowest BCUT2D eigenvalue weighted by atomic mass is 10.2. The number of carbonyl (C=O) groups excluding carboxylic acids is 2. The smallest absolute Gasteiger partial charge is 0.338 e. The van der Waals surface area contributed by atoms with Gasteiger partial charge in [-0.25, -0.2) is 13.2 Å². The molecule has 1 aliphatic rings. The van der Waals surface area contributed by atoms with Gasteiger partial charge in [0.1, 0.15) is 0 Å². The van der Waals surface area contributed by atoms with Crippen LogP contribution in [0.3, 0.4) is 0 Å². The van der Waals surface area contributed by atoms with E-state index < -0.39 is 28.5 Å². The van der Waals surface area contributed by atoms with Crippen LogP contribution in [0.15, 0.2) is 47.4 Å². The Labute approximate surface area is 192 Å². The zero-order valence-electron chi connectivity index (χ0n) is 18.4. The number of sulfonamides is 1. The standard InChI is InChI=1S/C22H26N2O8S/c1-3-31-19-9-4-16(14-20(19)29-2)22(26)32-15-21(25)23-17-5-7-18(8-6-17)33(27,28)24-10-12-30-13-11-24/h4-9,14H,3,10-13,15H2,1-2H3,(H,23,25). The van der Waals surface area contributed by atoms with E-state index in [0.29, 0.717) is 50.1 Å². The third kappa shape index (κ3) is 6.21. The number of nitrogens with one attached hydrogen (secondary N) is 1. The fraction of sp³-hybridized carbons (Fsp3) is 0.364. The van der Waals surface area contributed by atoms with Gasteiger partial charge < -0.3 is 24.3 Å². The second kappa shape index (κ2) is 11.1. The number of nitrogens with zero attached hydrogens (tertiary/aromatic N) is 1. The Balaban J connectivity index is 1.55. The monoisotopic (exact) mass is 478 g/mol. The fourth-order valence-electron chi connectivity index (χ4n) is 3.13. The van der Waals surface area contributed by atoms with Gasteiger partial charge in [0.2, 0.25) is 10.0 Å². The molecule has 1 fully saturated rings. The second-order valence-corrected chi connectivity index (χ2v) is 8.90. The molecule has 0 radical (unpaired) electrons. The minimum absolute atomic E-state index is 0.123. The molecule has 10 nitrogen and oxygen atoms in total. The number of amides is 1. The van der Waals surface area contributed by atoms with Crippen molar-refractivity contribution < 1.29 is 37.0 Å². The molecule has 0 unspecified atom stereocenters. The van der Waals surface area contributed by atoms with E-state index in [1.807, 2.05) is 6.92 Å². The highest BCUT2D eigenvalue weighted by molar-refractivity contribution is 7.89. The van der Waals surface area contributed by atoms with E-state index in [9.17, 15) is 18.0 Å². The highest BCUT2D eigenvalue weighted by Crippen LogP contribution is 2.28. The van der Waals surface area contributed by atoms with Crippen molar-refractivity contribution in [3.8, 4) is 11.5 Å². The molecule has 1 heterocycles. The summed E-state index contributed by atoms with van der Waals surface area (Å²) in [5.41, 5.74) is 0.584. The molecule has 33 heavy (non-hydrogen) atoms. The largest absolute Gasteiger partial charge is 0.493 e. The molecule has 0 saturated carbocycles. The molecule has 0 aliphatic carbocycles. The number of hydrogen-bond acceptors (Lipinski definition) is 8. The van der Waals surface area contributed by atoms with Crippen molar-refractivity contribution in [3.05, 3.63) is 48.0 Å².